The lowest BCUT2D eigenvalue weighted by atomic mass is 10.1. The van der Waals surface area contributed by atoms with Crippen molar-refractivity contribution in [2.24, 2.45) is 0 Å². The summed E-state index contributed by atoms with van der Waals surface area (Å²) in [4.78, 5) is 25.1. The number of aliphatic hydroxyl groups is 1. The van der Waals surface area contributed by atoms with Crippen LogP contribution in [-0.2, 0) is 20.8 Å². The molecule has 11 heteroatoms. The Labute approximate surface area is 186 Å². The number of aliphatic hydroxyl groups excluding tert-OH is 1. The third kappa shape index (κ3) is 3.85. The summed E-state index contributed by atoms with van der Waals surface area (Å²) in [5, 5.41) is 16.3. The number of benzene rings is 1. The minimum absolute atomic E-state index is 0.425. The molecule has 1 saturated heterocycles. The highest BCUT2D eigenvalue weighted by Gasteiger charge is 2.48. The van der Waals surface area contributed by atoms with Gasteiger partial charge in [-0.05, 0) is 40.3 Å². The normalized spacial score (nSPS) is 23.6. The van der Waals surface area contributed by atoms with Gasteiger partial charge in [-0.25, -0.2) is 15.0 Å². The number of aromatic nitrogens is 4. The molecule has 4 rings (SSSR count). The first-order chi connectivity index (χ1) is 14.5. The highest BCUT2D eigenvalue weighted by Crippen LogP contribution is 2.34. The molecule has 0 bridgehead atoms. The van der Waals surface area contributed by atoms with Gasteiger partial charge in [0.25, 0.3) is 5.91 Å². The summed E-state index contributed by atoms with van der Waals surface area (Å²) < 4.78 is 14.0. The zero-order chi connectivity index (χ0) is 21.3. The Morgan fingerprint density at radius 3 is 2.93 bits per heavy atom. The summed E-state index contributed by atoms with van der Waals surface area (Å²) in [6, 6.07) is 8.14. The first-order valence-electron chi connectivity index (χ1n) is 9.27. The van der Waals surface area contributed by atoms with Gasteiger partial charge in [0.1, 0.15) is 18.5 Å². The van der Waals surface area contributed by atoms with Crippen LogP contribution < -0.4 is 10.6 Å². The Balaban J connectivity index is 1.62. The van der Waals surface area contributed by atoms with E-state index in [0.717, 1.165) is 9.13 Å². The molecule has 10 nitrogen and oxygen atoms in total. The van der Waals surface area contributed by atoms with Crippen LogP contribution >= 0.6 is 22.6 Å². The van der Waals surface area contributed by atoms with Crippen LogP contribution in [0.15, 0.2) is 36.9 Å². The molecule has 158 valence electrons. The van der Waals surface area contributed by atoms with E-state index >= 15 is 0 Å². The third-order valence-electron chi connectivity index (χ3n) is 4.97. The number of hydrogen-bond acceptors (Lipinski definition) is 8. The molecule has 2 aromatic heterocycles. The van der Waals surface area contributed by atoms with Gasteiger partial charge >= 0.3 is 0 Å². The van der Waals surface area contributed by atoms with E-state index < -0.39 is 30.4 Å². The summed E-state index contributed by atoms with van der Waals surface area (Å²) in [5.41, 5.74) is 2.18. The molecule has 0 unspecified atom stereocenters. The maximum Gasteiger partial charge on any atom is 0.251 e. The quantitative estimate of drug-likeness (QED) is 0.410. The van der Waals surface area contributed by atoms with E-state index in [1.54, 1.807) is 10.9 Å². The van der Waals surface area contributed by atoms with Crippen molar-refractivity contribution in [2.45, 2.75) is 31.1 Å². The Morgan fingerprint density at radius 1 is 1.37 bits per heavy atom. The number of rotatable bonds is 6. The molecule has 1 aliphatic rings. The number of nitrogens with one attached hydrogen (secondary N) is 2. The molecule has 0 saturated carbocycles. The lowest BCUT2D eigenvalue weighted by Crippen LogP contribution is -2.41. The second-order valence-electron chi connectivity index (χ2n) is 6.78. The van der Waals surface area contributed by atoms with Gasteiger partial charge < -0.3 is 25.2 Å². The number of carbonyl (C=O) groups is 1. The predicted octanol–water partition coefficient (Wildman–Crippen LogP) is 1.06. The van der Waals surface area contributed by atoms with Gasteiger partial charge in [-0.15, -0.1) is 0 Å². The van der Waals surface area contributed by atoms with Crippen molar-refractivity contribution in [1.82, 2.24) is 24.8 Å². The topological polar surface area (TPSA) is 123 Å². The molecule has 0 aliphatic carbocycles. The Morgan fingerprint density at radius 2 is 2.20 bits per heavy atom. The SMILES string of the molecule is CNC(=O)[C@H]1O[C@@H](n2cnc3c(NCc4cccc(I)c4)ncnc32)[C@H](OC)[C@@H]1O. The number of imidazole rings is 1. The van der Waals surface area contributed by atoms with Crippen LogP contribution in [0.5, 0.6) is 0 Å². The second kappa shape index (κ2) is 8.79. The summed E-state index contributed by atoms with van der Waals surface area (Å²) in [5.74, 6) is 0.152. The van der Waals surface area contributed by atoms with Gasteiger partial charge in [0.2, 0.25) is 0 Å². The number of ether oxygens (including phenoxy) is 2. The highest BCUT2D eigenvalue weighted by atomic mass is 127. The number of methoxy groups -OCH3 is 1. The zero-order valence-corrected chi connectivity index (χ0v) is 18.5. The fourth-order valence-corrected chi connectivity index (χ4v) is 4.10. The number of nitrogens with zero attached hydrogens (tertiary/aromatic N) is 4. The van der Waals surface area contributed by atoms with Gasteiger partial charge in [0, 0.05) is 24.3 Å². The lowest BCUT2D eigenvalue weighted by molar-refractivity contribution is -0.137. The number of carbonyl (C=O) groups excluding carboxylic acids is 1. The molecule has 0 spiro atoms. The molecule has 3 aromatic rings. The molecule has 30 heavy (non-hydrogen) atoms. The third-order valence-corrected chi connectivity index (χ3v) is 5.64. The van der Waals surface area contributed by atoms with Crippen LogP contribution in [0, 0.1) is 3.57 Å². The maximum atomic E-state index is 12.0. The van der Waals surface area contributed by atoms with Gasteiger partial charge in [-0.3, -0.25) is 9.36 Å². The van der Waals surface area contributed by atoms with E-state index in [-0.39, 0.29) is 0 Å². The van der Waals surface area contributed by atoms with Crippen molar-refractivity contribution in [3.05, 3.63) is 46.1 Å². The fourth-order valence-electron chi connectivity index (χ4n) is 3.49. The Kier molecular flexibility index (Phi) is 6.13. The minimum Gasteiger partial charge on any atom is -0.387 e. The predicted molar refractivity (Wildman–Crippen MR) is 117 cm³/mol. The van der Waals surface area contributed by atoms with Crippen molar-refractivity contribution in [3.63, 3.8) is 0 Å². The molecule has 1 fully saturated rings. The van der Waals surface area contributed by atoms with E-state index in [1.165, 1.54) is 20.5 Å². The molecule has 3 N–H and O–H groups in total. The molecular formula is C19H21IN6O4. The molecule has 1 aliphatic heterocycles. The fraction of sp³-hybridized carbons (Fsp3) is 0.368. The summed E-state index contributed by atoms with van der Waals surface area (Å²) in [6.07, 6.45) is -0.731. The van der Waals surface area contributed by atoms with Gasteiger partial charge in [-0.2, -0.15) is 0 Å². The largest absolute Gasteiger partial charge is 0.387 e. The number of likely N-dealkylation sites (N-methyl/N-ethyl adjacent to an activating group) is 1. The highest BCUT2D eigenvalue weighted by molar-refractivity contribution is 14.1. The first-order valence-corrected chi connectivity index (χ1v) is 10.3. The van der Waals surface area contributed by atoms with Crippen LogP contribution in [0.25, 0.3) is 11.2 Å². The van der Waals surface area contributed by atoms with Crippen LogP contribution in [0.2, 0.25) is 0 Å². The van der Waals surface area contributed by atoms with Gasteiger partial charge in [0.15, 0.2) is 29.3 Å². The monoisotopic (exact) mass is 524 g/mol. The standard InChI is InChI=1S/C19H21IN6O4/c1-21-18(28)14-13(27)15(29-2)19(30-14)26-9-25-12-16(23-8-24-17(12)26)22-7-10-4-3-5-11(20)6-10/h3-6,8-9,13-15,19,27H,7H2,1-2H3,(H,21,28)(H,22,23,24)/t13-,14+,15-,19-/m1/s1. The van der Waals surface area contributed by atoms with Crippen LogP contribution in [-0.4, -0.2) is 63.0 Å². The number of fused-ring (bicyclic) bond motifs is 1. The van der Waals surface area contributed by atoms with Gasteiger partial charge in [-0.1, -0.05) is 12.1 Å². The Bertz CT molecular complexity index is 1060. The Hall–Kier alpha value is -2.35. The maximum absolute atomic E-state index is 12.0. The molecule has 1 aromatic carbocycles. The number of hydrogen-bond donors (Lipinski definition) is 3. The van der Waals surface area contributed by atoms with E-state index in [0.29, 0.717) is 23.5 Å². The second-order valence-corrected chi connectivity index (χ2v) is 8.03. The van der Waals surface area contributed by atoms with E-state index in [9.17, 15) is 9.90 Å². The van der Waals surface area contributed by atoms with Crippen LogP contribution in [0.3, 0.4) is 0 Å². The van der Waals surface area contributed by atoms with E-state index in [2.05, 4.69) is 54.2 Å². The van der Waals surface area contributed by atoms with Crippen molar-refractivity contribution in [3.8, 4) is 0 Å². The smallest absolute Gasteiger partial charge is 0.251 e. The van der Waals surface area contributed by atoms with Crippen molar-refractivity contribution in [1.29, 1.82) is 0 Å². The molecule has 4 atom stereocenters. The average Bonchev–Trinajstić information content (AvgIpc) is 3.32. The van der Waals surface area contributed by atoms with Gasteiger partial charge in [0.05, 0.1) is 6.33 Å². The van der Waals surface area contributed by atoms with Crippen molar-refractivity contribution >= 4 is 45.5 Å². The number of halogens is 1. The zero-order valence-electron chi connectivity index (χ0n) is 16.3. The molecule has 0 radical (unpaired) electrons. The summed E-state index contributed by atoms with van der Waals surface area (Å²) >= 11 is 2.27. The number of amides is 1. The number of anilines is 1. The average molecular weight is 524 g/mol. The van der Waals surface area contributed by atoms with E-state index in [1.807, 2.05) is 18.2 Å². The van der Waals surface area contributed by atoms with Crippen molar-refractivity contribution < 1.29 is 19.4 Å². The molecular weight excluding hydrogens is 503 g/mol. The first kappa shape index (κ1) is 20.9. The molecule has 3 heterocycles. The summed E-state index contributed by atoms with van der Waals surface area (Å²) in [6.45, 7) is 0.577. The van der Waals surface area contributed by atoms with E-state index in [4.69, 9.17) is 9.47 Å². The van der Waals surface area contributed by atoms with Crippen LogP contribution in [0.4, 0.5) is 5.82 Å². The summed E-state index contributed by atoms with van der Waals surface area (Å²) in [7, 11) is 2.94. The molecule has 1 amide bonds. The minimum atomic E-state index is -1.13. The van der Waals surface area contributed by atoms with Crippen molar-refractivity contribution in [2.75, 3.05) is 19.5 Å². The van der Waals surface area contributed by atoms with Crippen LogP contribution in [0.1, 0.15) is 11.8 Å². The lowest BCUT2D eigenvalue weighted by Gasteiger charge is -2.19.